The number of anilines is 1. The van der Waals surface area contributed by atoms with Crippen LogP contribution in [-0.2, 0) is 14.8 Å². The number of sulfonamides is 1. The Labute approximate surface area is 126 Å². The summed E-state index contributed by atoms with van der Waals surface area (Å²) >= 11 is 3.09. The molecule has 0 unspecified atom stereocenters. The summed E-state index contributed by atoms with van der Waals surface area (Å²) in [6, 6.07) is 4.22. The average Bonchev–Trinajstić information content (AvgIpc) is 2.30. The summed E-state index contributed by atoms with van der Waals surface area (Å²) in [4.78, 5) is 11.0. The van der Waals surface area contributed by atoms with Crippen molar-refractivity contribution in [3.8, 4) is 0 Å². The van der Waals surface area contributed by atoms with E-state index in [2.05, 4.69) is 20.7 Å². The number of hydrogen-bond acceptors (Lipinski definition) is 4. The molecule has 0 atom stereocenters. The minimum Gasteiger partial charge on any atom is -0.478 e. The highest BCUT2D eigenvalue weighted by Crippen LogP contribution is 2.21. The Balaban J connectivity index is 2.77. The van der Waals surface area contributed by atoms with Crippen molar-refractivity contribution in [1.29, 1.82) is 0 Å². The highest BCUT2D eigenvalue weighted by atomic mass is 79.9. The molecule has 0 fully saturated rings. The van der Waals surface area contributed by atoms with Crippen molar-refractivity contribution < 1.29 is 23.1 Å². The number of ether oxygens (including phenoxy) is 1. The van der Waals surface area contributed by atoms with Gasteiger partial charge in [-0.1, -0.05) is 0 Å². The maximum Gasteiger partial charge on any atom is 0.336 e. The Morgan fingerprint density at radius 1 is 1.45 bits per heavy atom. The molecule has 0 amide bonds. The third kappa shape index (κ3) is 5.48. The molecule has 1 aromatic rings. The molecule has 0 aliphatic carbocycles. The van der Waals surface area contributed by atoms with Gasteiger partial charge in [-0.25, -0.2) is 13.2 Å². The third-order valence-electron chi connectivity index (χ3n) is 2.27. The number of halogens is 1. The van der Waals surface area contributed by atoms with E-state index >= 15 is 0 Å². The number of benzene rings is 1. The Kier molecular flexibility index (Phi) is 5.97. The van der Waals surface area contributed by atoms with Crippen molar-refractivity contribution in [2.45, 2.75) is 20.0 Å². The molecule has 0 aromatic heterocycles. The summed E-state index contributed by atoms with van der Waals surface area (Å²) in [7, 11) is -3.57. The van der Waals surface area contributed by atoms with Crippen molar-refractivity contribution in [3.63, 3.8) is 0 Å². The zero-order chi connectivity index (χ0) is 15.3. The number of carbonyl (C=O) groups is 1. The van der Waals surface area contributed by atoms with E-state index in [1.807, 2.05) is 13.8 Å². The number of carboxylic acids is 1. The first-order valence-corrected chi connectivity index (χ1v) is 8.31. The van der Waals surface area contributed by atoms with Crippen molar-refractivity contribution in [2.24, 2.45) is 0 Å². The fourth-order valence-corrected chi connectivity index (χ4v) is 2.70. The summed E-state index contributed by atoms with van der Waals surface area (Å²) in [5, 5.41) is 8.96. The molecule has 6 nitrogen and oxygen atoms in total. The van der Waals surface area contributed by atoms with E-state index in [-0.39, 0.29) is 29.7 Å². The lowest BCUT2D eigenvalue weighted by molar-refractivity contribution is 0.0695. The van der Waals surface area contributed by atoms with Crippen molar-refractivity contribution in [2.75, 3.05) is 17.1 Å². The number of carboxylic acid groups (broad SMARTS) is 1. The molecule has 0 saturated heterocycles. The lowest BCUT2D eigenvalue weighted by Gasteiger charge is -2.11. The van der Waals surface area contributed by atoms with Crippen LogP contribution in [0.1, 0.15) is 24.2 Å². The van der Waals surface area contributed by atoms with E-state index in [1.165, 1.54) is 18.2 Å². The molecule has 0 radical (unpaired) electrons. The maximum atomic E-state index is 11.8. The molecule has 0 aliphatic heterocycles. The van der Waals surface area contributed by atoms with Crippen LogP contribution in [0.15, 0.2) is 22.7 Å². The Morgan fingerprint density at radius 2 is 2.10 bits per heavy atom. The zero-order valence-electron chi connectivity index (χ0n) is 11.1. The van der Waals surface area contributed by atoms with Crippen LogP contribution in [-0.4, -0.2) is 38.0 Å². The van der Waals surface area contributed by atoms with E-state index in [9.17, 15) is 13.2 Å². The molecule has 0 spiro atoms. The summed E-state index contributed by atoms with van der Waals surface area (Å²) in [6.45, 7) is 3.71. The number of nitrogens with one attached hydrogen (secondary N) is 1. The Hall–Kier alpha value is -1.12. The zero-order valence-corrected chi connectivity index (χ0v) is 13.5. The topological polar surface area (TPSA) is 92.7 Å². The van der Waals surface area contributed by atoms with Crippen LogP contribution >= 0.6 is 15.9 Å². The van der Waals surface area contributed by atoms with E-state index in [4.69, 9.17) is 9.84 Å². The van der Waals surface area contributed by atoms with Crippen LogP contribution in [0, 0.1) is 0 Å². The van der Waals surface area contributed by atoms with Gasteiger partial charge >= 0.3 is 5.97 Å². The molecule has 8 heteroatoms. The molecule has 2 N–H and O–H groups in total. The average molecular weight is 366 g/mol. The Bertz CT molecular complexity index is 586. The molecule has 0 heterocycles. The fraction of sp³-hybridized carbons (Fsp3) is 0.417. The molecule has 1 aromatic carbocycles. The van der Waals surface area contributed by atoms with Crippen molar-refractivity contribution in [1.82, 2.24) is 0 Å². The van der Waals surface area contributed by atoms with Gasteiger partial charge in [0.2, 0.25) is 10.0 Å². The van der Waals surface area contributed by atoms with E-state index < -0.39 is 16.0 Å². The van der Waals surface area contributed by atoms with Gasteiger partial charge in [0, 0.05) is 10.2 Å². The maximum absolute atomic E-state index is 11.8. The summed E-state index contributed by atoms with van der Waals surface area (Å²) in [5.41, 5.74) is 0.193. The van der Waals surface area contributed by atoms with Gasteiger partial charge < -0.3 is 9.84 Å². The lowest BCUT2D eigenvalue weighted by atomic mass is 10.2. The largest absolute Gasteiger partial charge is 0.478 e. The van der Waals surface area contributed by atoms with Crippen LogP contribution in [0.5, 0.6) is 0 Å². The molecule has 0 aliphatic rings. The second kappa shape index (κ2) is 7.05. The summed E-state index contributed by atoms with van der Waals surface area (Å²) in [6.07, 6.45) is -0.0449. The van der Waals surface area contributed by atoms with Gasteiger partial charge in [-0.2, -0.15) is 0 Å². The smallest absolute Gasteiger partial charge is 0.336 e. The van der Waals surface area contributed by atoms with Crippen molar-refractivity contribution in [3.05, 3.63) is 28.2 Å². The van der Waals surface area contributed by atoms with Crippen LogP contribution in [0.3, 0.4) is 0 Å². The summed E-state index contributed by atoms with van der Waals surface area (Å²) in [5.74, 6) is -1.33. The number of rotatable bonds is 7. The second-order valence-corrected chi connectivity index (χ2v) is 7.04. The van der Waals surface area contributed by atoms with Gasteiger partial charge in [0.05, 0.1) is 24.0 Å². The van der Waals surface area contributed by atoms with Crippen molar-refractivity contribution >= 4 is 37.6 Å². The normalized spacial score (nSPS) is 11.6. The van der Waals surface area contributed by atoms with E-state index in [1.54, 1.807) is 0 Å². The van der Waals surface area contributed by atoms with Gasteiger partial charge in [-0.05, 0) is 48.0 Å². The lowest BCUT2D eigenvalue weighted by Crippen LogP contribution is -2.21. The van der Waals surface area contributed by atoms with Gasteiger partial charge in [0.1, 0.15) is 0 Å². The van der Waals surface area contributed by atoms with Crippen LogP contribution < -0.4 is 4.72 Å². The molecular formula is C12H16BrNO5S. The van der Waals surface area contributed by atoms with Crippen LogP contribution in [0.4, 0.5) is 5.69 Å². The number of aromatic carboxylic acids is 1. The highest BCUT2D eigenvalue weighted by Gasteiger charge is 2.14. The second-order valence-electron chi connectivity index (χ2n) is 4.34. The monoisotopic (exact) mass is 365 g/mol. The van der Waals surface area contributed by atoms with Crippen LogP contribution in [0.25, 0.3) is 0 Å². The highest BCUT2D eigenvalue weighted by molar-refractivity contribution is 9.10. The predicted molar refractivity (Wildman–Crippen MR) is 79.6 cm³/mol. The Morgan fingerprint density at radius 3 is 2.65 bits per heavy atom. The first-order chi connectivity index (χ1) is 9.21. The standard InChI is InChI=1S/C12H16BrNO5S/c1-8(2)19-5-6-20(17,18)14-9-3-4-11(13)10(7-9)12(15)16/h3-4,7-8,14H,5-6H2,1-2H3,(H,15,16). The fourth-order valence-electron chi connectivity index (χ4n) is 1.38. The minimum atomic E-state index is -3.57. The SMILES string of the molecule is CC(C)OCCS(=O)(=O)Nc1ccc(Br)c(C(=O)O)c1. The molecule has 20 heavy (non-hydrogen) atoms. The van der Waals surface area contributed by atoms with Gasteiger partial charge in [0.15, 0.2) is 0 Å². The molecule has 0 bridgehead atoms. The minimum absolute atomic E-state index is 0.0105. The molecule has 1 rings (SSSR count). The predicted octanol–water partition coefficient (Wildman–Crippen LogP) is 2.31. The van der Waals surface area contributed by atoms with Gasteiger partial charge in [0.25, 0.3) is 0 Å². The summed E-state index contributed by atoms with van der Waals surface area (Å²) < 4.78 is 31.5. The molecule has 112 valence electrons. The van der Waals surface area contributed by atoms with E-state index in [0.717, 1.165) is 0 Å². The number of hydrogen-bond donors (Lipinski definition) is 2. The molecule has 0 saturated carbocycles. The first kappa shape index (κ1) is 16.9. The molecular weight excluding hydrogens is 350 g/mol. The first-order valence-electron chi connectivity index (χ1n) is 5.86. The third-order valence-corrected chi connectivity index (χ3v) is 4.22. The van der Waals surface area contributed by atoms with Crippen LogP contribution in [0.2, 0.25) is 0 Å². The van der Waals surface area contributed by atoms with Gasteiger partial charge in [-0.15, -0.1) is 0 Å². The van der Waals surface area contributed by atoms with E-state index in [0.29, 0.717) is 4.47 Å². The quantitative estimate of drug-likeness (QED) is 0.773. The van der Waals surface area contributed by atoms with Gasteiger partial charge in [-0.3, -0.25) is 4.72 Å².